The first-order chi connectivity index (χ1) is 15.2. The zero-order valence-corrected chi connectivity index (χ0v) is 19.4. The number of hydrogen-bond donors (Lipinski definition) is 1. The van der Waals surface area contributed by atoms with Crippen molar-refractivity contribution in [1.82, 2.24) is 4.90 Å². The Morgan fingerprint density at radius 2 is 1.72 bits per heavy atom. The van der Waals surface area contributed by atoms with Crippen molar-refractivity contribution >= 4 is 11.7 Å². The zero-order chi connectivity index (χ0) is 23.3. The van der Waals surface area contributed by atoms with Gasteiger partial charge in [0.2, 0.25) is 0 Å². The Bertz CT molecular complexity index is 971. The number of aryl methyl sites for hydroxylation is 1. The van der Waals surface area contributed by atoms with Crippen LogP contribution in [0, 0.1) is 0 Å². The highest BCUT2D eigenvalue weighted by Gasteiger charge is 2.42. The van der Waals surface area contributed by atoms with Crippen molar-refractivity contribution in [3.05, 3.63) is 82.6 Å². The maximum Gasteiger partial charge on any atom is 0.290 e. The van der Waals surface area contributed by atoms with E-state index in [0.29, 0.717) is 26.0 Å². The van der Waals surface area contributed by atoms with E-state index >= 15 is 0 Å². The molecule has 0 saturated heterocycles. The standard InChI is InChI=1S/C27H33NO4/c1-27(2,3)21-14-12-20(13-15-21)24-23(22(29)16-11-19-9-6-5-7-10-19)25(30)26(31)28(24)17-8-18-32-4/h5-7,9-10,12-15,24,30H,8,11,16-18H2,1-4H3. The van der Waals surface area contributed by atoms with Gasteiger partial charge in [0.25, 0.3) is 5.91 Å². The van der Waals surface area contributed by atoms with Crippen molar-refractivity contribution < 1.29 is 19.4 Å². The molecule has 1 unspecified atom stereocenters. The zero-order valence-electron chi connectivity index (χ0n) is 19.4. The van der Waals surface area contributed by atoms with E-state index in [4.69, 9.17) is 4.74 Å². The van der Waals surface area contributed by atoms with Crippen LogP contribution in [0.4, 0.5) is 0 Å². The third-order valence-corrected chi connectivity index (χ3v) is 5.93. The Labute approximate surface area is 190 Å². The Balaban J connectivity index is 1.91. The number of aliphatic hydroxyl groups excluding tert-OH is 1. The Hall–Kier alpha value is -2.92. The molecular formula is C27H33NO4. The molecule has 1 aliphatic heterocycles. The number of hydrogen-bond acceptors (Lipinski definition) is 4. The van der Waals surface area contributed by atoms with E-state index in [-0.39, 0.29) is 23.2 Å². The van der Waals surface area contributed by atoms with Gasteiger partial charge in [-0.3, -0.25) is 9.59 Å². The van der Waals surface area contributed by atoms with Crippen molar-refractivity contribution in [2.75, 3.05) is 20.3 Å². The third kappa shape index (κ3) is 5.28. The van der Waals surface area contributed by atoms with Crippen LogP contribution >= 0.6 is 0 Å². The summed E-state index contributed by atoms with van der Waals surface area (Å²) in [6.07, 6.45) is 1.42. The van der Waals surface area contributed by atoms with Crippen LogP contribution in [0.2, 0.25) is 0 Å². The Morgan fingerprint density at radius 3 is 2.31 bits per heavy atom. The van der Waals surface area contributed by atoms with Gasteiger partial charge in [-0.25, -0.2) is 0 Å². The summed E-state index contributed by atoms with van der Waals surface area (Å²) < 4.78 is 5.14. The molecule has 0 saturated carbocycles. The summed E-state index contributed by atoms with van der Waals surface area (Å²) in [5.74, 6) is -1.11. The summed E-state index contributed by atoms with van der Waals surface area (Å²) in [6.45, 7) is 7.32. The molecule has 1 atom stereocenters. The fourth-order valence-electron chi connectivity index (χ4n) is 4.10. The van der Waals surface area contributed by atoms with Crippen LogP contribution in [0.3, 0.4) is 0 Å². The summed E-state index contributed by atoms with van der Waals surface area (Å²) in [7, 11) is 1.61. The van der Waals surface area contributed by atoms with Crippen LogP contribution in [-0.2, 0) is 26.2 Å². The lowest BCUT2D eigenvalue weighted by Crippen LogP contribution is -2.32. The van der Waals surface area contributed by atoms with Crippen molar-refractivity contribution in [2.24, 2.45) is 0 Å². The quantitative estimate of drug-likeness (QED) is 0.568. The molecule has 0 spiro atoms. The number of ketones is 1. The number of aliphatic hydroxyl groups is 1. The van der Waals surface area contributed by atoms with Gasteiger partial charge in [-0.1, -0.05) is 75.4 Å². The molecule has 0 radical (unpaired) electrons. The molecule has 3 rings (SSSR count). The minimum absolute atomic E-state index is 0.00547. The van der Waals surface area contributed by atoms with Gasteiger partial charge < -0.3 is 14.7 Å². The van der Waals surface area contributed by atoms with Gasteiger partial charge in [0, 0.05) is 26.7 Å². The summed E-state index contributed by atoms with van der Waals surface area (Å²) >= 11 is 0. The fraction of sp³-hybridized carbons (Fsp3) is 0.407. The fourth-order valence-corrected chi connectivity index (χ4v) is 4.10. The lowest BCUT2D eigenvalue weighted by molar-refractivity contribution is -0.129. The smallest absolute Gasteiger partial charge is 0.290 e. The predicted octanol–water partition coefficient (Wildman–Crippen LogP) is 4.92. The highest BCUT2D eigenvalue weighted by atomic mass is 16.5. The van der Waals surface area contributed by atoms with Gasteiger partial charge in [0.1, 0.15) is 0 Å². The van der Waals surface area contributed by atoms with Crippen LogP contribution in [-0.4, -0.2) is 42.0 Å². The average Bonchev–Trinajstić information content (AvgIpc) is 3.03. The van der Waals surface area contributed by atoms with E-state index in [9.17, 15) is 14.7 Å². The summed E-state index contributed by atoms with van der Waals surface area (Å²) in [6, 6.07) is 17.2. The number of carbonyl (C=O) groups is 2. The molecule has 1 aliphatic rings. The first-order valence-electron chi connectivity index (χ1n) is 11.1. The SMILES string of the molecule is COCCCN1C(=O)C(O)=C(C(=O)CCc2ccccc2)C1c1ccc(C(C)(C)C)cc1. The number of amides is 1. The van der Waals surface area contributed by atoms with Crippen molar-refractivity contribution in [3.63, 3.8) is 0 Å². The molecule has 1 heterocycles. The van der Waals surface area contributed by atoms with Crippen molar-refractivity contribution in [2.45, 2.75) is 51.5 Å². The molecule has 170 valence electrons. The molecule has 5 nitrogen and oxygen atoms in total. The number of rotatable bonds is 9. The van der Waals surface area contributed by atoms with E-state index in [1.807, 2.05) is 54.6 Å². The first-order valence-corrected chi connectivity index (χ1v) is 11.1. The normalized spacial score (nSPS) is 16.7. The van der Waals surface area contributed by atoms with E-state index in [0.717, 1.165) is 11.1 Å². The molecule has 1 N–H and O–H groups in total. The predicted molar refractivity (Wildman–Crippen MR) is 126 cm³/mol. The second-order valence-corrected chi connectivity index (χ2v) is 9.29. The first kappa shape index (κ1) is 23.7. The highest BCUT2D eigenvalue weighted by molar-refractivity contribution is 6.09. The van der Waals surface area contributed by atoms with Crippen LogP contribution in [0.15, 0.2) is 65.9 Å². The number of ether oxygens (including phenoxy) is 1. The van der Waals surface area contributed by atoms with Crippen LogP contribution in [0.1, 0.15) is 56.3 Å². The number of nitrogens with zero attached hydrogens (tertiary/aromatic N) is 1. The molecule has 2 aromatic carbocycles. The van der Waals surface area contributed by atoms with E-state index in [1.165, 1.54) is 5.56 Å². The average molecular weight is 436 g/mol. The molecule has 32 heavy (non-hydrogen) atoms. The minimum Gasteiger partial charge on any atom is -0.503 e. The van der Waals surface area contributed by atoms with Crippen LogP contribution < -0.4 is 0 Å². The number of methoxy groups -OCH3 is 1. The van der Waals surface area contributed by atoms with Crippen molar-refractivity contribution in [3.8, 4) is 0 Å². The Morgan fingerprint density at radius 1 is 1.06 bits per heavy atom. The second kappa shape index (κ2) is 10.1. The highest BCUT2D eigenvalue weighted by Crippen LogP contribution is 2.39. The summed E-state index contributed by atoms with van der Waals surface area (Å²) in [5.41, 5.74) is 3.24. The van der Waals surface area contributed by atoms with Gasteiger partial charge in [0.05, 0.1) is 11.6 Å². The number of benzene rings is 2. The summed E-state index contributed by atoms with van der Waals surface area (Å²) in [5, 5.41) is 10.7. The van der Waals surface area contributed by atoms with Gasteiger partial charge in [-0.15, -0.1) is 0 Å². The molecule has 2 aromatic rings. The van der Waals surface area contributed by atoms with Gasteiger partial charge in [-0.2, -0.15) is 0 Å². The second-order valence-electron chi connectivity index (χ2n) is 9.29. The van der Waals surface area contributed by atoms with Gasteiger partial charge in [0.15, 0.2) is 11.5 Å². The lowest BCUT2D eigenvalue weighted by atomic mass is 9.85. The molecule has 0 aliphatic carbocycles. The topological polar surface area (TPSA) is 66.8 Å². The van der Waals surface area contributed by atoms with Gasteiger partial charge in [-0.05, 0) is 34.9 Å². The third-order valence-electron chi connectivity index (χ3n) is 5.93. The van der Waals surface area contributed by atoms with Crippen molar-refractivity contribution in [1.29, 1.82) is 0 Å². The monoisotopic (exact) mass is 435 g/mol. The van der Waals surface area contributed by atoms with Crippen LogP contribution in [0.5, 0.6) is 0 Å². The number of Topliss-reactive ketones (excluding diaryl/α,β-unsaturated/α-hetero) is 1. The van der Waals surface area contributed by atoms with E-state index in [2.05, 4.69) is 20.8 Å². The molecule has 5 heteroatoms. The summed E-state index contributed by atoms with van der Waals surface area (Å²) in [4.78, 5) is 27.8. The van der Waals surface area contributed by atoms with Gasteiger partial charge >= 0.3 is 0 Å². The van der Waals surface area contributed by atoms with E-state index < -0.39 is 17.7 Å². The Kier molecular flexibility index (Phi) is 7.52. The molecule has 0 fully saturated rings. The number of carbonyl (C=O) groups excluding carboxylic acids is 2. The maximum absolute atomic E-state index is 13.2. The van der Waals surface area contributed by atoms with Crippen LogP contribution in [0.25, 0.3) is 0 Å². The lowest BCUT2D eigenvalue weighted by Gasteiger charge is -2.28. The van der Waals surface area contributed by atoms with E-state index in [1.54, 1.807) is 12.0 Å². The molecule has 0 aromatic heterocycles. The molecular weight excluding hydrogens is 402 g/mol. The maximum atomic E-state index is 13.2. The molecule has 0 bridgehead atoms. The molecule has 1 amide bonds. The minimum atomic E-state index is -0.586. The largest absolute Gasteiger partial charge is 0.503 e.